The number of aliphatic hydroxyl groups excluding tert-OH is 2. The van der Waals surface area contributed by atoms with Gasteiger partial charge >= 0.3 is 5.97 Å². The van der Waals surface area contributed by atoms with Crippen molar-refractivity contribution in [3.05, 3.63) is 35.9 Å². The van der Waals surface area contributed by atoms with E-state index >= 15 is 0 Å². The molecule has 0 aliphatic carbocycles. The van der Waals surface area contributed by atoms with Crippen LogP contribution in [0.15, 0.2) is 30.3 Å². The van der Waals surface area contributed by atoms with Crippen LogP contribution in [0.4, 0.5) is 0 Å². The van der Waals surface area contributed by atoms with Crippen LogP contribution < -0.4 is 0 Å². The predicted octanol–water partition coefficient (Wildman–Crippen LogP) is 0.119. The van der Waals surface area contributed by atoms with Gasteiger partial charge in [-0.25, -0.2) is 4.79 Å². The molecule has 1 saturated heterocycles. The molecular weight excluding hydrogens is 238 g/mol. The minimum atomic E-state index is -1.48. The lowest BCUT2D eigenvalue weighted by atomic mass is 10.1. The highest BCUT2D eigenvalue weighted by atomic mass is 16.7. The first-order valence-corrected chi connectivity index (χ1v) is 5.54. The maximum Gasteiger partial charge on any atom is 0.365 e. The van der Waals surface area contributed by atoms with E-state index in [0.717, 1.165) is 0 Å². The normalized spacial score (nSPS) is 20.9. The van der Waals surface area contributed by atoms with E-state index in [1.165, 1.54) is 0 Å². The molecule has 0 saturated carbocycles. The van der Waals surface area contributed by atoms with E-state index in [0.29, 0.717) is 10.6 Å². The third-order valence-corrected chi connectivity index (χ3v) is 2.66. The number of carbonyl (C=O) groups excluding carboxylic acids is 2. The summed E-state index contributed by atoms with van der Waals surface area (Å²) >= 11 is 0. The number of hydrogen-bond acceptors (Lipinski definition) is 5. The number of hydroxylamine groups is 2. The van der Waals surface area contributed by atoms with Gasteiger partial charge in [-0.1, -0.05) is 30.3 Å². The van der Waals surface area contributed by atoms with E-state index in [1.54, 1.807) is 30.3 Å². The zero-order valence-corrected chi connectivity index (χ0v) is 9.52. The first-order valence-electron chi connectivity index (χ1n) is 5.54. The Hall–Kier alpha value is -1.92. The molecule has 2 N–H and O–H groups in total. The molecule has 0 spiro atoms. The second-order valence-electron chi connectivity index (χ2n) is 3.96. The molecule has 18 heavy (non-hydrogen) atoms. The van der Waals surface area contributed by atoms with Gasteiger partial charge in [0.1, 0.15) is 0 Å². The van der Waals surface area contributed by atoms with Crippen molar-refractivity contribution in [1.29, 1.82) is 0 Å². The van der Waals surface area contributed by atoms with Crippen molar-refractivity contribution >= 4 is 11.9 Å². The van der Waals surface area contributed by atoms with Crippen molar-refractivity contribution in [2.24, 2.45) is 0 Å². The van der Waals surface area contributed by atoms with Crippen LogP contribution in [-0.4, -0.2) is 33.4 Å². The van der Waals surface area contributed by atoms with Crippen LogP contribution in [0.1, 0.15) is 24.5 Å². The number of nitrogens with zero attached hydrogens (tertiary/aromatic N) is 1. The molecule has 0 radical (unpaired) electrons. The average Bonchev–Trinajstić information content (AvgIpc) is 2.70. The Morgan fingerprint density at radius 3 is 2.61 bits per heavy atom. The Morgan fingerprint density at radius 2 is 2.06 bits per heavy atom. The maximum atomic E-state index is 11.6. The Labute approximate surface area is 103 Å². The highest BCUT2D eigenvalue weighted by Gasteiger charge is 2.34. The molecule has 6 heteroatoms. The summed E-state index contributed by atoms with van der Waals surface area (Å²) in [6, 6.07) is 8.21. The summed E-state index contributed by atoms with van der Waals surface area (Å²) in [5.41, 5.74) is 0.364. The largest absolute Gasteiger partial charge is 0.377 e. The van der Waals surface area contributed by atoms with Crippen LogP contribution in [0.25, 0.3) is 0 Å². The molecule has 0 bridgehead atoms. The zero-order chi connectivity index (χ0) is 13.1. The molecule has 6 nitrogen and oxygen atoms in total. The third kappa shape index (κ3) is 2.49. The van der Waals surface area contributed by atoms with Gasteiger partial charge in [0.15, 0.2) is 12.3 Å². The number of carbonyl (C=O) groups is 2. The molecule has 1 aromatic rings. The lowest BCUT2D eigenvalue weighted by Gasteiger charge is -2.20. The number of hydrogen-bond donors (Lipinski definition) is 2. The average molecular weight is 251 g/mol. The van der Waals surface area contributed by atoms with Gasteiger partial charge in [0, 0.05) is 12.8 Å². The highest BCUT2D eigenvalue weighted by Crippen LogP contribution is 2.20. The van der Waals surface area contributed by atoms with Crippen molar-refractivity contribution in [3.63, 3.8) is 0 Å². The lowest BCUT2D eigenvalue weighted by Crippen LogP contribution is -2.36. The minimum Gasteiger partial charge on any atom is -0.377 e. The molecule has 1 aromatic carbocycles. The smallest absolute Gasteiger partial charge is 0.365 e. The molecule has 1 aliphatic rings. The summed E-state index contributed by atoms with van der Waals surface area (Å²) in [4.78, 5) is 27.6. The van der Waals surface area contributed by atoms with Crippen molar-refractivity contribution in [2.45, 2.75) is 25.2 Å². The van der Waals surface area contributed by atoms with Crippen LogP contribution in [0, 0.1) is 0 Å². The summed E-state index contributed by atoms with van der Waals surface area (Å²) in [5, 5.41) is 19.7. The van der Waals surface area contributed by atoms with E-state index in [-0.39, 0.29) is 12.8 Å². The Kier molecular flexibility index (Phi) is 3.59. The van der Waals surface area contributed by atoms with Crippen LogP contribution in [-0.2, 0) is 14.4 Å². The van der Waals surface area contributed by atoms with Gasteiger partial charge in [0.25, 0.3) is 5.91 Å². The maximum absolute atomic E-state index is 11.6. The topological polar surface area (TPSA) is 87.1 Å². The van der Waals surface area contributed by atoms with E-state index in [9.17, 15) is 19.8 Å². The quantitative estimate of drug-likeness (QED) is 0.796. The molecule has 1 unspecified atom stereocenters. The van der Waals surface area contributed by atoms with E-state index < -0.39 is 24.2 Å². The predicted molar refractivity (Wildman–Crippen MR) is 59.6 cm³/mol. The van der Waals surface area contributed by atoms with Gasteiger partial charge in [-0.3, -0.25) is 4.79 Å². The van der Waals surface area contributed by atoms with Crippen molar-refractivity contribution in [2.75, 3.05) is 0 Å². The molecule has 1 aliphatic heterocycles. The Bertz CT molecular complexity index is 447. The Morgan fingerprint density at radius 1 is 1.39 bits per heavy atom. The first kappa shape index (κ1) is 12.5. The Balaban J connectivity index is 2.02. The van der Waals surface area contributed by atoms with Gasteiger partial charge in [-0.2, -0.15) is 0 Å². The minimum absolute atomic E-state index is 0.121. The van der Waals surface area contributed by atoms with Gasteiger partial charge in [0.2, 0.25) is 0 Å². The molecule has 0 aromatic heterocycles. The molecule has 1 heterocycles. The fourth-order valence-electron chi connectivity index (χ4n) is 1.68. The van der Waals surface area contributed by atoms with E-state index in [4.69, 9.17) is 4.84 Å². The number of aliphatic hydroxyl groups is 2. The van der Waals surface area contributed by atoms with Crippen LogP contribution >= 0.6 is 0 Å². The molecule has 1 amide bonds. The summed E-state index contributed by atoms with van der Waals surface area (Å²) < 4.78 is 0. The van der Waals surface area contributed by atoms with Crippen molar-refractivity contribution in [1.82, 2.24) is 5.06 Å². The summed E-state index contributed by atoms with van der Waals surface area (Å²) in [5.74, 6) is -1.47. The second-order valence-corrected chi connectivity index (χ2v) is 3.96. The molecule has 96 valence electrons. The summed E-state index contributed by atoms with van der Waals surface area (Å²) in [7, 11) is 0. The SMILES string of the molecule is O=C(ON1C(=O)CCC1O)[C@@H](O)c1ccccc1. The van der Waals surface area contributed by atoms with Gasteiger partial charge in [-0.05, 0) is 5.56 Å². The van der Waals surface area contributed by atoms with Gasteiger partial charge < -0.3 is 15.1 Å². The van der Waals surface area contributed by atoms with E-state index in [2.05, 4.69) is 0 Å². The molecule has 2 rings (SSSR count). The molecule has 2 atom stereocenters. The first-order chi connectivity index (χ1) is 8.59. The monoisotopic (exact) mass is 251 g/mol. The fraction of sp³-hybridized carbons (Fsp3) is 0.333. The zero-order valence-electron chi connectivity index (χ0n) is 9.52. The van der Waals surface area contributed by atoms with Gasteiger partial charge in [0.05, 0.1) is 0 Å². The lowest BCUT2D eigenvalue weighted by molar-refractivity contribution is -0.227. The van der Waals surface area contributed by atoms with Crippen LogP contribution in [0.5, 0.6) is 0 Å². The van der Waals surface area contributed by atoms with Crippen molar-refractivity contribution in [3.8, 4) is 0 Å². The summed E-state index contributed by atoms with van der Waals surface area (Å²) in [6.07, 6.45) is -2.28. The number of rotatable bonds is 3. The number of amides is 1. The van der Waals surface area contributed by atoms with Crippen molar-refractivity contribution < 1.29 is 24.6 Å². The second kappa shape index (κ2) is 5.16. The van der Waals surface area contributed by atoms with Crippen LogP contribution in [0.3, 0.4) is 0 Å². The fourth-order valence-corrected chi connectivity index (χ4v) is 1.68. The number of benzene rings is 1. The summed E-state index contributed by atoms with van der Waals surface area (Å²) in [6.45, 7) is 0. The third-order valence-electron chi connectivity index (χ3n) is 2.66. The standard InChI is InChI=1S/C12H13NO5/c14-9-6-7-10(15)13(9)18-12(17)11(16)8-4-2-1-3-5-8/h1-5,9,11,14,16H,6-7H2/t9?,11-/m0/s1. The van der Waals surface area contributed by atoms with Crippen LogP contribution in [0.2, 0.25) is 0 Å². The molecule has 1 fully saturated rings. The molecular formula is C12H13NO5. The van der Waals surface area contributed by atoms with E-state index in [1.807, 2.05) is 0 Å². The van der Waals surface area contributed by atoms with Gasteiger partial charge in [-0.15, -0.1) is 5.06 Å². The highest BCUT2D eigenvalue weighted by molar-refractivity contribution is 5.81.